The van der Waals surface area contributed by atoms with Gasteiger partial charge in [0.2, 0.25) is 0 Å². The molecule has 0 aliphatic carbocycles. The van der Waals surface area contributed by atoms with E-state index in [0.717, 1.165) is 12.2 Å². The molecule has 0 amide bonds. The standard InChI is InChI=1S/C9H8N4O2S2/c1-2-5-12-9(17-13-5)16-7-6(8(14)15)10-3-4-11-7/h3-4H,2H2,1H3,(H,14,15). The summed E-state index contributed by atoms with van der Waals surface area (Å²) in [7, 11) is 0. The second-order valence-corrected chi connectivity index (χ2v) is 4.94. The van der Waals surface area contributed by atoms with E-state index >= 15 is 0 Å². The first kappa shape index (κ1) is 11.9. The number of carbonyl (C=O) groups is 1. The van der Waals surface area contributed by atoms with Gasteiger partial charge in [-0.25, -0.2) is 19.7 Å². The zero-order valence-electron chi connectivity index (χ0n) is 8.82. The summed E-state index contributed by atoms with van der Waals surface area (Å²) < 4.78 is 4.79. The Hall–Kier alpha value is -1.54. The summed E-state index contributed by atoms with van der Waals surface area (Å²) in [4.78, 5) is 22.9. The average Bonchev–Trinajstić information content (AvgIpc) is 2.77. The molecule has 2 aromatic rings. The lowest BCUT2D eigenvalue weighted by Gasteiger charge is -1.99. The number of carboxylic acids is 1. The number of aromatic nitrogens is 4. The van der Waals surface area contributed by atoms with E-state index in [2.05, 4.69) is 19.3 Å². The molecule has 0 aliphatic rings. The van der Waals surface area contributed by atoms with Crippen molar-refractivity contribution in [1.82, 2.24) is 19.3 Å². The smallest absolute Gasteiger partial charge is 0.357 e. The number of aryl methyl sites for hydroxylation is 1. The van der Waals surface area contributed by atoms with Crippen molar-refractivity contribution in [3.05, 3.63) is 23.9 Å². The average molecular weight is 268 g/mol. The molecule has 0 fully saturated rings. The summed E-state index contributed by atoms with van der Waals surface area (Å²) in [6, 6.07) is 0. The van der Waals surface area contributed by atoms with Crippen molar-refractivity contribution in [2.24, 2.45) is 0 Å². The van der Waals surface area contributed by atoms with Gasteiger partial charge in [-0.05, 0) is 23.3 Å². The van der Waals surface area contributed by atoms with Crippen LogP contribution in [0.15, 0.2) is 21.8 Å². The Bertz CT molecular complexity index is 543. The van der Waals surface area contributed by atoms with Crippen LogP contribution in [-0.4, -0.2) is 30.4 Å². The Morgan fingerprint density at radius 2 is 2.24 bits per heavy atom. The molecule has 0 radical (unpaired) electrons. The molecule has 0 aromatic carbocycles. The lowest BCUT2D eigenvalue weighted by molar-refractivity contribution is 0.0685. The van der Waals surface area contributed by atoms with Crippen molar-refractivity contribution < 1.29 is 9.90 Å². The third-order valence-corrected chi connectivity index (χ3v) is 3.60. The van der Waals surface area contributed by atoms with Crippen LogP contribution in [0.5, 0.6) is 0 Å². The third-order valence-electron chi connectivity index (χ3n) is 1.82. The molecule has 88 valence electrons. The van der Waals surface area contributed by atoms with Gasteiger partial charge in [0.25, 0.3) is 0 Å². The molecule has 6 nitrogen and oxygen atoms in total. The van der Waals surface area contributed by atoms with Gasteiger partial charge in [0.15, 0.2) is 10.0 Å². The molecule has 0 saturated carbocycles. The van der Waals surface area contributed by atoms with Crippen LogP contribution < -0.4 is 0 Å². The van der Waals surface area contributed by atoms with Crippen LogP contribution in [0.2, 0.25) is 0 Å². The van der Waals surface area contributed by atoms with Gasteiger partial charge in [0, 0.05) is 18.8 Å². The highest BCUT2D eigenvalue weighted by atomic mass is 32.2. The Balaban J connectivity index is 2.26. The Morgan fingerprint density at radius 3 is 2.88 bits per heavy atom. The van der Waals surface area contributed by atoms with E-state index in [9.17, 15) is 4.79 Å². The van der Waals surface area contributed by atoms with Crippen LogP contribution in [0, 0.1) is 0 Å². The lowest BCUT2D eigenvalue weighted by Crippen LogP contribution is -2.03. The predicted octanol–water partition coefficient (Wildman–Crippen LogP) is 1.74. The third kappa shape index (κ3) is 2.77. The minimum absolute atomic E-state index is 0.0641. The first-order chi connectivity index (χ1) is 8.20. The monoisotopic (exact) mass is 268 g/mol. The van der Waals surface area contributed by atoms with Gasteiger partial charge in [-0.1, -0.05) is 6.92 Å². The van der Waals surface area contributed by atoms with Crippen LogP contribution in [0.4, 0.5) is 0 Å². The van der Waals surface area contributed by atoms with Gasteiger partial charge in [0.1, 0.15) is 10.9 Å². The molecule has 0 spiro atoms. The zero-order valence-corrected chi connectivity index (χ0v) is 10.5. The van der Waals surface area contributed by atoms with Gasteiger partial charge in [-0.2, -0.15) is 4.37 Å². The minimum atomic E-state index is -1.10. The molecule has 2 heterocycles. The van der Waals surface area contributed by atoms with Crippen LogP contribution in [0.1, 0.15) is 23.2 Å². The number of nitrogens with zero attached hydrogens (tertiary/aromatic N) is 4. The highest BCUT2D eigenvalue weighted by molar-refractivity contribution is 8.01. The highest BCUT2D eigenvalue weighted by Gasteiger charge is 2.15. The van der Waals surface area contributed by atoms with Gasteiger partial charge in [0.05, 0.1) is 0 Å². The van der Waals surface area contributed by atoms with Crippen LogP contribution in [0.25, 0.3) is 0 Å². The fourth-order valence-corrected chi connectivity index (χ4v) is 2.72. The van der Waals surface area contributed by atoms with Crippen molar-refractivity contribution in [2.45, 2.75) is 22.7 Å². The molecule has 0 bridgehead atoms. The molecule has 1 N–H and O–H groups in total. The summed E-state index contributed by atoms with van der Waals surface area (Å²) in [5.74, 6) is -0.348. The first-order valence-corrected chi connectivity index (χ1v) is 6.34. The SMILES string of the molecule is CCc1nsc(Sc2nccnc2C(=O)O)n1. The van der Waals surface area contributed by atoms with E-state index in [-0.39, 0.29) is 5.69 Å². The second kappa shape index (κ2) is 5.19. The first-order valence-electron chi connectivity index (χ1n) is 4.75. The fourth-order valence-electron chi connectivity index (χ4n) is 1.05. The molecular formula is C9H8N4O2S2. The van der Waals surface area contributed by atoms with Crippen molar-refractivity contribution >= 4 is 29.3 Å². The largest absolute Gasteiger partial charge is 0.476 e. The molecule has 2 aromatic heterocycles. The zero-order chi connectivity index (χ0) is 12.3. The van der Waals surface area contributed by atoms with E-state index in [4.69, 9.17) is 5.11 Å². The van der Waals surface area contributed by atoms with Gasteiger partial charge in [-0.15, -0.1) is 0 Å². The fraction of sp³-hybridized carbons (Fsp3) is 0.222. The highest BCUT2D eigenvalue weighted by Crippen LogP contribution is 2.28. The predicted molar refractivity (Wildman–Crippen MR) is 62.4 cm³/mol. The van der Waals surface area contributed by atoms with E-state index in [1.54, 1.807) is 0 Å². The molecule has 0 aliphatic heterocycles. The number of hydrogen-bond donors (Lipinski definition) is 1. The Morgan fingerprint density at radius 1 is 1.47 bits per heavy atom. The molecule has 0 unspecified atom stereocenters. The van der Waals surface area contributed by atoms with Crippen LogP contribution in [0.3, 0.4) is 0 Å². The Labute approximate surface area is 105 Å². The summed E-state index contributed by atoms with van der Waals surface area (Å²) in [5, 5.41) is 9.28. The summed E-state index contributed by atoms with van der Waals surface area (Å²) in [6.07, 6.45) is 3.56. The van der Waals surface area contributed by atoms with Crippen LogP contribution >= 0.6 is 23.3 Å². The van der Waals surface area contributed by atoms with Crippen LogP contribution in [-0.2, 0) is 6.42 Å². The van der Waals surface area contributed by atoms with E-state index < -0.39 is 5.97 Å². The lowest BCUT2D eigenvalue weighted by atomic mass is 10.5. The Kier molecular flexibility index (Phi) is 3.64. The van der Waals surface area contributed by atoms with E-state index in [1.807, 2.05) is 6.92 Å². The quantitative estimate of drug-likeness (QED) is 0.903. The topological polar surface area (TPSA) is 88.9 Å². The molecule has 8 heteroatoms. The maximum Gasteiger partial charge on any atom is 0.357 e. The number of rotatable bonds is 4. The molecule has 0 saturated heterocycles. The normalized spacial score (nSPS) is 10.4. The number of hydrogen-bond acceptors (Lipinski definition) is 7. The van der Waals surface area contributed by atoms with E-state index in [1.165, 1.54) is 35.7 Å². The molecular weight excluding hydrogens is 260 g/mol. The van der Waals surface area contributed by atoms with Gasteiger partial charge >= 0.3 is 5.97 Å². The van der Waals surface area contributed by atoms with Gasteiger partial charge < -0.3 is 5.11 Å². The van der Waals surface area contributed by atoms with Crippen molar-refractivity contribution in [3.63, 3.8) is 0 Å². The summed E-state index contributed by atoms with van der Waals surface area (Å²) in [5.41, 5.74) is -0.0641. The van der Waals surface area contributed by atoms with Gasteiger partial charge in [-0.3, -0.25) is 0 Å². The van der Waals surface area contributed by atoms with Crippen molar-refractivity contribution in [3.8, 4) is 0 Å². The van der Waals surface area contributed by atoms with Crippen molar-refractivity contribution in [2.75, 3.05) is 0 Å². The second-order valence-electron chi connectivity index (χ2n) is 2.95. The maximum absolute atomic E-state index is 10.9. The molecule has 0 atom stereocenters. The maximum atomic E-state index is 10.9. The minimum Gasteiger partial charge on any atom is -0.476 e. The van der Waals surface area contributed by atoms with Crippen molar-refractivity contribution in [1.29, 1.82) is 0 Å². The van der Waals surface area contributed by atoms with E-state index in [0.29, 0.717) is 9.37 Å². The number of aromatic carboxylic acids is 1. The summed E-state index contributed by atoms with van der Waals surface area (Å²) >= 11 is 2.40. The molecule has 17 heavy (non-hydrogen) atoms. The number of carboxylic acid groups (broad SMARTS) is 1. The molecule has 2 rings (SSSR count). The summed E-state index contributed by atoms with van der Waals surface area (Å²) in [6.45, 7) is 1.96.